The average molecular weight is 265 g/mol. The molecule has 0 amide bonds. The summed E-state index contributed by atoms with van der Waals surface area (Å²) in [7, 11) is 1.97. The predicted molar refractivity (Wildman–Crippen MR) is 74.3 cm³/mol. The van der Waals surface area contributed by atoms with E-state index in [-0.39, 0.29) is 5.82 Å². The van der Waals surface area contributed by atoms with Gasteiger partial charge in [0.15, 0.2) is 0 Å². The van der Waals surface area contributed by atoms with E-state index in [0.717, 1.165) is 25.5 Å². The van der Waals surface area contributed by atoms with E-state index in [0.29, 0.717) is 17.7 Å². The molecular formula is C15H20FNO2. The summed E-state index contributed by atoms with van der Waals surface area (Å²) < 4.78 is 13.8. The van der Waals surface area contributed by atoms with Crippen LogP contribution in [0.2, 0.25) is 0 Å². The second-order valence-electron chi connectivity index (χ2n) is 4.61. The average Bonchev–Trinajstić information content (AvgIpc) is 2.36. The molecule has 1 aromatic rings. The van der Waals surface area contributed by atoms with Crippen molar-refractivity contribution in [1.29, 1.82) is 0 Å². The Labute approximate surface area is 113 Å². The van der Waals surface area contributed by atoms with Crippen molar-refractivity contribution in [3.8, 4) is 0 Å². The summed E-state index contributed by atoms with van der Waals surface area (Å²) in [5, 5.41) is 8.51. The van der Waals surface area contributed by atoms with Gasteiger partial charge < -0.3 is 10.0 Å². The van der Waals surface area contributed by atoms with E-state index >= 15 is 0 Å². The Bertz CT molecular complexity index is 457. The molecule has 0 aliphatic rings. The van der Waals surface area contributed by atoms with Gasteiger partial charge in [-0.2, -0.15) is 0 Å². The highest BCUT2D eigenvalue weighted by Gasteiger charge is 2.06. The van der Waals surface area contributed by atoms with Crippen LogP contribution in [0.15, 0.2) is 24.3 Å². The van der Waals surface area contributed by atoms with Crippen molar-refractivity contribution < 1.29 is 14.3 Å². The van der Waals surface area contributed by atoms with Crippen LogP contribution in [0.25, 0.3) is 6.08 Å². The SMILES string of the molecule is CCCCN(C)Cc1ccc(C=CC(=O)O)cc1F. The Morgan fingerprint density at radius 1 is 1.47 bits per heavy atom. The maximum absolute atomic E-state index is 13.8. The fourth-order valence-corrected chi connectivity index (χ4v) is 1.76. The van der Waals surface area contributed by atoms with Crippen molar-refractivity contribution in [2.45, 2.75) is 26.3 Å². The molecule has 0 unspecified atom stereocenters. The number of hydrogen-bond donors (Lipinski definition) is 1. The highest BCUT2D eigenvalue weighted by atomic mass is 19.1. The summed E-state index contributed by atoms with van der Waals surface area (Å²) >= 11 is 0. The van der Waals surface area contributed by atoms with Gasteiger partial charge in [0, 0.05) is 18.2 Å². The van der Waals surface area contributed by atoms with Gasteiger partial charge in [0.1, 0.15) is 5.82 Å². The van der Waals surface area contributed by atoms with E-state index in [2.05, 4.69) is 11.8 Å². The molecule has 104 valence electrons. The van der Waals surface area contributed by atoms with Crippen LogP contribution in [0, 0.1) is 5.82 Å². The maximum Gasteiger partial charge on any atom is 0.328 e. The molecule has 0 spiro atoms. The Morgan fingerprint density at radius 3 is 2.79 bits per heavy atom. The molecule has 0 heterocycles. The Morgan fingerprint density at radius 2 is 2.21 bits per heavy atom. The molecule has 0 saturated heterocycles. The summed E-state index contributed by atoms with van der Waals surface area (Å²) in [6, 6.07) is 4.80. The summed E-state index contributed by atoms with van der Waals surface area (Å²) in [6.07, 6.45) is 4.60. The molecule has 0 radical (unpaired) electrons. The molecule has 1 rings (SSSR count). The van der Waals surface area contributed by atoms with Crippen molar-refractivity contribution in [2.75, 3.05) is 13.6 Å². The molecule has 1 aromatic carbocycles. The lowest BCUT2D eigenvalue weighted by molar-refractivity contribution is -0.131. The van der Waals surface area contributed by atoms with Crippen LogP contribution in [-0.4, -0.2) is 29.6 Å². The van der Waals surface area contributed by atoms with Crippen LogP contribution in [0.4, 0.5) is 4.39 Å². The minimum Gasteiger partial charge on any atom is -0.478 e. The predicted octanol–water partition coefficient (Wildman–Crippen LogP) is 3.16. The summed E-state index contributed by atoms with van der Waals surface area (Å²) in [5.41, 5.74) is 1.19. The number of unbranched alkanes of at least 4 members (excludes halogenated alkanes) is 1. The van der Waals surface area contributed by atoms with E-state index in [4.69, 9.17) is 5.11 Å². The van der Waals surface area contributed by atoms with Gasteiger partial charge in [-0.05, 0) is 37.7 Å². The topological polar surface area (TPSA) is 40.5 Å². The molecule has 0 bridgehead atoms. The number of carboxylic acid groups (broad SMARTS) is 1. The van der Waals surface area contributed by atoms with Crippen molar-refractivity contribution in [2.24, 2.45) is 0 Å². The minimum absolute atomic E-state index is 0.295. The molecular weight excluding hydrogens is 245 g/mol. The summed E-state index contributed by atoms with van der Waals surface area (Å²) in [4.78, 5) is 12.5. The first-order valence-corrected chi connectivity index (χ1v) is 6.41. The molecule has 0 fully saturated rings. The molecule has 19 heavy (non-hydrogen) atoms. The van der Waals surface area contributed by atoms with E-state index < -0.39 is 5.97 Å². The fraction of sp³-hybridized carbons (Fsp3) is 0.400. The third-order valence-corrected chi connectivity index (χ3v) is 2.83. The van der Waals surface area contributed by atoms with Crippen LogP contribution in [0.3, 0.4) is 0 Å². The second kappa shape index (κ2) is 7.69. The lowest BCUT2D eigenvalue weighted by Crippen LogP contribution is -2.19. The van der Waals surface area contributed by atoms with Crippen LogP contribution < -0.4 is 0 Å². The highest BCUT2D eigenvalue weighted by Crippen LogP contribution is 2.14. The van der Waals surface area contributed by atoms with Gasteiger partial charge in [-0.15, -0.1) is 0 Å². The number of carbonyl (C=O) groups is 1. The zero-order chi connectivity index (χ0) is 14.3. The molecule has 0 atom stereocenters. The quantitative estimate of drug-likeness (QED) is 0.770. The van der Waals surface area contributed by atoms with Crippen LogP contribution >= 0.6 is 0 Å². The Balaban J connectivity index is 2.69. The van der Waals surface area contributed by atoms with Gasteiger partial charge in [0.25, 0.3) is 0 Å². The lowest BCUT2D eigenvalue weighted by atomic mass is 10.1. The third-order valence-electron chi connectivity index (χ3n) is 2.83. The Kier molecular flexibility index (Phi) is 6.22. The Hall–Kier alpha value is -1.68. The molecule has 0 aliphatic heterocycles. The largest absolute Gasteiger partial charge is 0.478 e. The second-order valence-corrected chi connectivity index (χ2v) is 4.61. The van der Waals surface area contributed by atoms with Gasteiger partial charge in [0.05, 0.1) is 0 Å². The normalized spacial score (nSPS) is 11.4. The van der Waals surface area contributed by atoms with Crippen molar-refractivity contribution in [1.82, 2.24) is 4.90 Å². The zero-order valence-electron chi connectivity index (χ0n) is 11.4. The molecule has 1 N–H and O–H groups in total. The van der Waals surface area contributed by atoms with Gasteiger partial charge in [-0.25, -0.2) is 9.18 Å². The van der Waals surface area contributed by atoms with Crippen LogP contribution in [0.1, 0.15) is 30.9 Å². The van der Waals surface area contributed by atoms with Crippen LogP contribution in [0.5, 0.6) is 0 Å². The minimum atomic E-state index is -1.04. The smallest absolute Gasteiger partial charge is 0.328 e. The number of aliphatic carboxylic acids is 1. The van der Waals surface area contributed by atoms with E-state index in [1.807, 2.05) is 7.05 Å². The molecule has 0 aliphatic carbocycles. The van der Waals surface area contributed by atoms with E-state index in [1.165, 1.54) is 12.1 Å². The van der Waals surface area contributed by atoms with Crippen molar-refractivity contribution in [3.63, 3.8) is 0 Å². The number of nitrogens with zero attached hydrogens (tertiary/aromatic N) is 1. The van der Waals surface area contributed by atoms with Crippen molar-refractivity contribution in [3.05, 3.63) is 41.2 Å². The van der Waals surface area contributed by atoms with Gasteiger partial charge in [0.2, 0.25) is 0 Å². The molecule has 0 aromatic heterocycles. The number of rotatable bonds is 7. The standard InChI is InChI=1S/C15H20FNO2/c1-3-4-9-17(2)11-13-7-5-12(10-14(13)16)6-8-15(18)19/h5-8,10H,3-4,9,11H2,1-2H3,(H,18,19). The number of benzene rings is 1. The summed E-state index contributed by atoms with van der Waals surface area (Å²) in [5.74, 6) is -1.33. The number of carboxylic acids is 1. The third kappa shape index (κ3) is 5.66. The maximum atomic E-state index is 13.8. The van der Waals surface area contributed by atoms with Gasteiger partial charge in [-0.3, -0.25) is 0 Å². The highest BCUT2D eigenvalue weighted by molar-refractivity contribution is 5.85. The first kappa shape index (κ1) is 15.4. The number of hydrogen-bond acceptors (Lipinski definition) is 2. The first-order chi connectivity index (χ1) is 9.02. The fourth-order valence-electron chi connectivity index (χ4n) is 1.76. The van der Waals surface area contributed by atoms with E-state index in [1.54, 1.807) is 12.1 Å². The zero-order valence-corrected chi connectivity index (χ0v) is 11.4. The summed E-state index contributed by atoms with van der Waals surface area (Å²) in [6.45, 7) is 3.63. The lowest BCUT2D eigenvalue weighted by Gasteiger charge is -2.16. The van der Waals surface area contributed by atoms with Crippen LogP contribution in [-0.2, 0) is 11.3 Å². The molecule has 4 heteroatoms. The van der Waals surface area contributed by atoms with Gasteiger partial charge >= 0.3 is 5.97 Å². The van der Waals surface area contributed by atoms with Crippen molar-refractivity contribution >= 4 is 12.0 Å². The van der Waals surface area contributed by atoms with E-state index in [9.17, 15) is 9.18 Å². The van der Waals surface area contributed by atoms with Gasteiger partial charge in [-0.1, -0.05) is 25.5 Å². The molecule has 3 nitrogen and oxygen atoms in total. The number of halogens is 1. The monoisotopic (exact) mass is 265 g/mol. The first-order valence-electron chi connectivity index (χ1n) is 6.41. The molecule has 0 saturated carbocycles.